The summed E-state index contributed by atoms with van der Waals surface area (Å²) in [4.78, 5) is 47.5. The van der Waals surface area contributed by atoms with Crippen LogP contribution in [0, 0.1) is 16.0 Å². The molecule has 5 rings (SSSR count). The van der Waals surface area contributed by atoms with E-state index in [0.717, 1.165) is 12.1 Å². The number of rotatable bonds is 7. The number of anilines is 1. The quantitative estimate of drug-likeness (QED) is 0.133. The predicted molar refractivity (Wildman–Crippen MR) is 174 cm³/mol. The highest BCUT2D eigenvalue weighted by molar-refractivity contribution is 9.10. The van der Waals surface area contributed by atoms with Gasteiger partial charge in [0.05, 0.1) is 33.0 Å². The molecule has 0 saturated heterocycles. The lowest BCUT2D eigenvalue weighted by Gasteiger charge is -2.34. The Balaban J connectivity index is 1.47. The Morgan fingerprint density at radius 1 is 1.06 bits per heavy atom. The van der Waals surface area contributed by atoms with Crippen LogP contribution in [0.25, 0.3) is 22.3 Å². The summed E-state index contributed by atoms with van der Waals surface area (Å²) in [5.41, 5.74) is -1.02. The van der Waals surface area contributed by atoms with Crippen LogP contribution >= 0.6 is 15.9 Å². The SMILES string of the molecule is CC(C)(C)OC(=O)N(C(=O)OC(C)(C)C)c1cc(Oc2ccc3ncc(-c4cnn(CC5CC(F)(F)C5)c4)nc3c2Br)ccc1[N+](=O)[O-]. The fourth-order valence-corrected chi connectivity index (χ4v) is 5.44. The molecule has 0 radical (unpaired) electrons. The molecule has 1 saturated carbocycles. The second-order valence-electron chi connectivity index (χ2n) is 13.4. The molecular weight excluding hydrogens is 698 g/mol. The van der Waals surface area contributed by atoms with Crippen LogP contribution in [-0.2, 0) is 16.0 Å². The van der Waals surface area contributed by atoms with Crippen molar-refractivity contribution in [1.29, 1.82) is 0 Å². The molecule has 254 valence electrons. The van der Waals surface area contributed by atoms with Gasteiger partial charge in [-0.25, -0.2) is 23.4 Å². The van der Waals surface area contributed by atoms with Crippen LogP contribution in [0.4, 0.5) is 29.7 Å². The third-order valence-corrected chi connectivity index (χ3v) is 7.70. The lowest BCUT2D eigenvalue weighted by atomic mass is 9.81. The average molecular weight is 732 g/mol. The highest BCUT2D eigenvalue weighted by atomic mass is 79.9. The third-order valence-electron chi connectivity index (χ3n) is 6.93. The number of hydrogen-bond donors (Lipinski definition) is 0. The van der Waals surface area contributed by atoms with E-state index in [0.29, 0.717) is 38.2 Å². The summed E-state index contributed by atoms with van der Waals surface area (Å²) in [5, 5.41) is 16.3. The van der Waals surface area contributed by atoms with Crippen LogP contribution in [0.15, 0.2) is 53.4 Å². The minimum Gasteiger partial charge on any atom is -0.456 e. The molecule has 0 N–H and O–H groups in total. The van der Waals surface area contributed by atoms with Crippen molar-refractivity contribution in [3.63, 3.8) is 0 Å². The number of fused-ring (bicyclic) bond motifs is 1. The molecule has 13 nitrogen and oxygen atoms in total. The van der Waals surface area contributed by atoms with Gasteiger partial charge in [-0.05, 0) is 81.6 Å². The Morgan fingerprint density at radius 2 is 1.71 bits per heavy atom. The molecule has 1 fully saturated rings. The van der Waals surface area contributed by atoms with Crippen molar-refractivity contribution in [3.8, 4) is 22.8 Å². The van der Waals surface area contributed by atoms with Crippen LogP contribution in [0.3, 0.4) is 0 Å². The number of aromatic nitrogens is 4. The van der Waals surface area contributed by atoms with Crippen molar-refractivity contribution in [3.05, 3.63) is 63.5 Å². The van der Waals surface area contributed by atoms with E-state index in [1.165, 1.54) is 6.07 Å². The Bertz CT molecular complexity index is 1870. The minimum atomic E-state index is -2.61. The molecule has 16 heteroatoms. The van der Waals surface area contributed by atoms with E-state index in [-0.39, 0.29) is 30.3 Å². The number of ether oxygens (including phenoxy) is 3. The first kappa shape index (κ1) is 34.6. The Kier molecular flexibility index (Phi) is 9.16. The fourth-order valence-electron chi connectivity index (χ4n) is 4.93. The van der Waals surface area contributed by atoms with E-state index in [1.807, 2.05) is 0 Å². The summed E-state index contributed by atoms with van der Waals surface area (Å²) in [6.07, 6.45) is 2.19. The van der Waals surface area contributed by atoms with E-state index in [1.54, 1.807) is 76.9 Å². The molecule has 1 aliphatic carbocycles. The van der Waals surface area contributed by atoms with Gasteiger partial charge >= 0.3 is 12.2 Å². The molecule has 0 atom stereocenters. The van der Waals surface area contributed by atoms with Gasteiger partial charge < -0.3 is 14.2 Å². The Morgan fingerprint density at radius 3 is 2.29 bits per heavy atom. The van der Waals surface area contributed by atoms with Gasteiger partial charge in [0.1, 0.15) is 33.9 Å². The molecular formula is C32H33BrF2N6O7. The molecule has 4 aromatic rings. The number of imide groups is 1. The van der Waals surface area contributed by atoms with Crippen LogP contribution in [0.2, 0.25) is 0 Å². The molecule has 0 aliphatic heterocycles. The highest BCUT2D eigenvalue weighted by Crippen LogP contribution is 2.43. The first-order valence-corrected chi connectivity index (χ1v) is 15.7. The summed E-state index contributed by atoms with van der Waals surface area (Å²) in [6.45, 7) is 9.89. The van der Waals surface area contributed by atoms with E-state index in [2.05, 4.69) is 26.0 Å². The molecule has 48 heavy (non-hydrogen) atoms. The largest absolute Gasteiger partial charge is 0.456 e. The Hall–Kier alpha value is -4.73. The summed E-state index contributed by atoms with van der Waals surface area (Å²) >= 11 is 3.52. The van der Waals surface area contributed by atoms with Crippen molar-refractivity contribution >= 4 is 50.5 Å². The van der Waals surface area contributed by atoms with Crippen molar-refractivity contribution in [2.45, 2.75) is 78.1 Å². The molecule has 0 spiro atoms. The molecule has 2 amide bonds. The molecule has 2 aromatic heterocycles. The summed E-state index contributed by atoms with van der Waals surface area (Å²) in [6, 6.07) is 6.84. The van der Waals surface area contributed by atoms with Crippen LogP contribution in [0.5, 0.6) is 11.5 Å². The summed E-state index contributed by atoms with van der Waals surface area (Å²) < 4.78 is 45.4. The lowest BCUT2D eigenvalue weighted by Crippen LogP contribution is -2.44. The number of alkyl halides is 2. The molecule has 2 aromatic carbocycles. The number of carbonyl (C=O) groups excluding carboxylic acids is 2. The normalized spacial score (nSPS) is 14.7. The van der Waals surface area contributed by atoms with Gasteiger partial charge in [0.15, 0.2) is 0 Å². The van der Waals surface area contributed by atoms with Crippen LogP contribution in [0.1, 0.15) is 54.4 Å². The Labute approximate surface area is 282 Å². The number of nitro groups is 1. The lowest BCUT2D eigenvalue weighted by molar-refractivity contribution is -0.384. The van der Waals surface area contributed by atoms with Crippen molar-refractivity contribution in [1.82, 2.24) is 19.7 Å². The van der Waals surface area contributed by atoms with Gasteiger partial charge in [-0.3, -0.25) is 19.8 Å². The van der Waals surface area contributed by atoms with E-state index < -0.39 is 45.6 Å². The van der Waals surface area contributed by atoms with Gasteiger partial charge in [-0.2, -0.15) is 10.00 Å². The molecule has 1 aliphatic rings. The number of nitrogens with zero attached hydrogens (tertiary/aromatic N) is 6. The minimum absolute atomic E-state index is 0.0414. The third kappa shape index (κ3) is 8.03. The number of amides is 2. The van der Waals surface area contributed by atoms with Crippen LogP contribution < -0.4 is 9.64 Å². The van der Waals surface area contributed by atoms with Crippen molar-refractivity contribution < 1.29 is 37.5 Å². The van der Waals surface area contributed by atoms with Gasteiger partial charge in [-0.1, -0.05) is 0 Å². The number of halogens is 3. The number of nitro benzene ring substituents is 1. The maximum atomic E-state index is 13.3. The molecule has 0 unspecified atom stereocenters. The van der Waals surface area contributed by atoms with Gasteiger partial charge in [0, 0.05) is 43.3 Å². The summed E-state index contributed by atoms with van der Waals surface area (Å²) in [5.74, 6) is -2.47. The standard InChI is InChI=1S/C32H33BrF2N6O7/c1-30(2,3)47-28(42)40(29(43)48-31(4,5)6)24-11-20(7-9-23(24)41(44)45)46-25-10-8-21-27(26(25)33)38-22(15-36-21)19-14-37-39(17-19)16-18-12-32(34,35)13-18/h7-11,14-15,17-18H,12-13,16H2,1-6H3. The van der Waals surface area contributed by atoms with E-state index >= 15 is 0 Å². The van der Waals surface area contributed by atoms with E-state index in [4.69, 9.17) is 19.2 Å². The topological polar surface area (TPSA) is 152 Å². The second-order valence-corrected chi connectivity index (χ2v) is 14.2. The maximum Gasteiger partial charge on any atom is 0.424 e. The van der Waals surface area contributed by atoms with Gasteiger partial charge in [0.25, 0.3) is 5.69 Å². The van der Waals surface area contributed by atoms with E-state index in [9.17, 15) is 28.5 Å². The molecule has 0 bridgehead atoms. The number of carbonyl (C=O) groups is 2. The first-order valence-electron chi connectivity index (χ1n) is 14.9. The molecule has 2 heterocycles. The smallest absolute Gasteiger partial charge is 0.424 e. The van der Waals surface area contributed by atoms with Gasteiger partial charge in [-0.15, -0.1) is 0 Å². The fraction of sp³-hybridized carbons (Fsp3) is 0.406. The van der Waals surface area contributed by atoms with Crippen LogP contribution in [-0.4, -0.2) is 54.0 Å². The first-order chi connectivity index (χ1) is 22.3. The number of benzene rings is 2. The monoisotopic (exact) mass is 730 g/mol. The number of hydrogen-bond acceptors (Lipinski definition) is 10. The predicted octanol–water partition coefficient (Wildman–Crippen LogP) is 8.68. The second kappa shape index (κ2) is 12.7. The van der Waals surface area contributed by atoms with Crippen molar-refractivity contribution in [2.24, 2.45) is 5.92 Å². The highest BCUT2D eigenvalue weighted by Gasteiger charge is 2.45. The zero-order valence-corrected chi connectivity index (χ0v) is 28.6. The zero-order valence-electron chi connectivity index (χ0n) is 27.0. The zero-order chi connectivity index (χ0) is 35.2. The average Bonchev–Trinajstić information content (AvgIpc) is 3.40. The maximum absolute atomic E-state index is 13.3. The van der Waals surface area contributed by atoms with Gasteiger partial charge in [0.2, 0.25) is 5.92 Å². The van der Waals surface area contributed by atoms with Crippen molar-refractivity contribution in [2.75, 3.05) is 4.90 Å². The summed E-state index contributed by atoms with van der Waals surface area (Å²) in [7, 11) is 0.